The lowest BCUT2D eigenvalue weighted by molar-refractivity contribution is -0.130. The lowest BCUT2D eigenvalue weighted by Gasteiger charge is -2.24. The van der Waals surface area contributed by atoms with Crippen LogP contribution in [0.2, 0.25) is 0 Å². The summed E-state index contributed by atoms with van der Waals surface area (Å²) in [6.07, 6.45) is 0. The highest BCUT2D eigenvalue weighted by molar-refractivity contribution is 8.00. The minimum Gasteiger partial charge on any atom is -0.338 e. The first kappa shape index (κ1) is 23.5. The van der Waals surface area contributed by atoms with Gasteiger partial charge in [-0.2, -0.15) is 4.68 Å². The third-order valence-corrected chi connectivity index (χ3v) is 6.74. The van der Waals surface area contributed by atoms with Gasteiger partial charge in [-0.3, -0.25) is 14.3 Å². The van der Waals surface area contributed by atoms with Crippen molar-refractivity contribution in [3.05, 3.63) is 82.3 Å². The van der Waals surface area contributed by atoms with Gasteiger partial charge in [0.05, 0.1) is 16.6 Å². The number of rotatable bonds is 8. The van der Waals surface area contributed by atoms with E-state index < -0.39 is 5.25 Å². The van der Waals surface area contributed by atoms with Crippen molar-refractivity contribution in [3.63, 3.8) is 0 Å². The summed E-state index contributed by atoms with van der Waals surface area (Å²) in [4.78, 5) is 28.4. The summed E-state index contributed by atoms with van der Waals surface area (Å²) in [6.45, 7) is 6.76. The molecule has 1 unspecified atom stereocenters. The molecule has 176 valence electrons. The summed E-state index contributed by atoms with van der Waals surface area (Å²) in [6, 6.07) is 19.3. The number of amides is 1. The Morgan fingerprint density at radius 2 is 1.74 bits per heavy atom. The molecule has 2 heterocycles. The molecule has 0 fully saturated rings. The van der Waals surface area contributed by atoms with E-state index in [0.717, 1.165) is 11.3 Å². The van der Waals surface area contributed by atoms with Crippen molar-refractivity contribution in [1.29, 1.82) is 0 Å². The number of thioether (sulfide) groups is 1. The number of carbonyl (C=O) groups excluding carboxylic acids is 1. The zero-order valence-corrected chi connectivity index (χ0v) is 20.4. The van der Waals surface area contributed by atoms with Crippen LogP contribution in [0.1, 0.15) is 25.1 Å². The number of hydrogen-bond donors (Lipinski definition) is 0. The highest BCUT2D eigenvalue weighted by atomic mass is 32.2. The highest BCUT2D eigenvalue weighted by Crippen LogP contribution is 2.25. The minimum absolute atomic E-state index is 0.0163. The number of carbonyl (C=O) groups is 1. The molecule has 0 aliphatic heterocycles. The topological polar surface area (TPSA) is 90.8 Å². The standard InChI is InChI=1S/C24H27N7O2S/c1-5-29(16-19-12-8-6-9-13-19)22(32)18(3)34-24-25-26-27-30(24)21-17(2)28(4)31(23(21)33)20-14-10-7-11-15-20/h6-15,18H,5,16H2,1-4H3. The van der Waals surface area contributed by atoms with Crippen LogP contribution in [-0.2, 0) is 18.4 Å². The summed E-state index contributed by atoms with van der Waals surface area (Å²) < 4.78 is 4.78. The molecule has 9 nitrogen and oxygen atoms in total. The SMILES string of the molecule is CCN(Cc1ccccc1)C(=O)C(C)Sc1nnnn1-c1c(C)n(C)n(-c2ccccc2)c1=O. The zero-order valence-electron chi connectivity index (χ0n) is 19.6. The second-order valence-electron chi connectivity index (χ2n) is 7.88. The van der Waals surface area contributed by atoms with E-state index in [1.54, 1.807) is 14.3 Å². The molecule has 0 N–H and O–H groups in total. The molecule has 34 heavy (non-hydrogen) atoms. The van der Waals surface area contributed by atoms with Crippen LogP contribution in [0, 0.1) is 6.92 Å². The molecule has 1 amide bonds. The molecule has 4 rings (SSSR count). The second kappa shape index (κ2) is 10.1. The first-order valence-electron chi connectivity index (χ1n) is 11.0. The fourth-order valence-corrected chi connectivity index (χ4v) is 4.68. The minimum atomic E-state index is -0.436. The van der Waals surface area contributed by atoms with E-state index in [1.165, 1.54) is 16.4 Å². The molecule has 0 saturated heterocycles. The number of benzene rings is 2. The van der Waals surface area contributed by atoms with E-state index in [1.807, 2.05) is 88.5 Å². The normalized spacial score (nSPS) is 12.0. The molecule has 4 aromatic rings. The Morgan fingerprint density at radius 3 is 2.38 bits per heavy atom. The second-order valence-corrected chi connectivity index (χ2v) is 9.19. The van der Waals surface area contributed by atoms with Crippen molar-refractivity contribution < 1.29 is 4.79 Å². The van der Waals surface area contributed by atoms with Gasteiger partial charge in [-0.25, -0.2) is 4.68 Å². The van der Waals surface area contributed by atoms with E-state index in [4.69, 9.17) is 0 Å². The van der Waals surface area contributed by atoms with Crippen molar-refractivity contribution in [3.8, 4) is 11.4 Å². The molecular weight excluding hydrogens is 450 g/mol. The van der Waals surface area contributed by atoms with Crippen molar-refractivity contribution in [2.75, 3.05) is 6.54 Å². The number of tetrazole rings is 1. The maximum absolute atomic E-state index is 13.4. The molecule has 0 radical (unpaired) electrons. The lowest BCUT2D eigenvalue weighted by atomic mass is 10.2. The highest BCUT2D eigenvalue weighted by Gasteiger charge is 2.26. The van der Waals surface area contributed by atoms with Gasteiger partial charge < -0.3 is 4.90 Å². The fraction of sp³-hybridized carbons (Fsp3) is 0.292. The van der Waals surface area contributed by atoms with Crippen LogP contribution in [0.15, 0.2) is 70.6 Å². The number of nitrogens with zero attached hydrogens (tertiary/aromatic N) is 7. The Balaban J connectivity index is 1.60. The number of para-hydroxylation sites is 1. The van der Waals surface area contributed by atoms with E-state index in [9.17, 15) is 9.59 Å². The Morgan fingerprint density at radius 1 is 1.09 bits per heavy atom. The van der Waals surface area contributed by atoms with Crippen LogP contribution in [0.25, 0.3) is 11.4 Å². The van der Waals surface area contributed by atoms with Gasteiger partial charge >= 0.3 is 0 Å². The van der Waals surface area contributed by atoms with Crippen molar-refractivity contribution >= 4 is 17.7 Å². The van der Waals surface area contributed by atoms with E-state index >= 15 is 0 Å². The smallest absolute Gasteiger partial charge is 0.297 e. The van der Waals surface area contributed by atoms with Gasteiger partial charge in [0.1, 0.15) is 0 Å². The maximum atomic E-state index is 13.4. The van der Waals surface area contributed by atoms with Crippen LogP contribution in [-0.4, -0.2) is 52.2 Å². The van der Waals surface area contributed by atoms with Crippen LogP contribution >= 0.6 is 11.8 Å². The third-order valence-electron chi connectivity index (χ3n) is 5.72. The Labute approximate surface area is 202 Å². The van der Waals surface area contributed by atoms with Gasteiger partial charge in [0, 0.05) is 20.1 Å². The first-order valence-corrected chi connectivity index (χ1v) is 11.9. The first-order chi connectivity index (χ1) is 16.4. The predicted molar refractivity (Wildman–Crippen MR) is 131 cm³/mol. The Hall–Kier alpha value is -3.66. The molecule has 1 atom stereocenters. The van der Waals surface area contributed by atoms with Gasteiger partial charge in [-0.15, -0.1) is 5.10 Å². The summed E-state index contributed by atoms with van der Waals surface area (Å²) in [7, 11) is 1.82. The van der Waals surface area contributed by atoms with E-state index in [2.05, 4.69) is 15.5 Å². The molecule has 2 aromatic carbocycles. The molecule has 0 aliphatic rings. The molecule has 0 spiro atoms. The zero-order chi connectivity index (χ0) is 24.2. The molecule has 0 saturated carbocycles. The lowest BCUT2D eigenvalue weighted by Crippen LogP contribution is -2.36. The monoisotopic (exact) mass is 477 g/mol. The van der Waals surface area contributed by atoms with Gasteiger partial charge in [-0.1, -0.05) is 60.3 Å². The van der Waals surface area contributed by atoms with Crippen LogP contribution in [0.5, 0.6) is 0 Å². The van der Waals surface area contributed by atoms with Crippen molar-refractivity contribution in [2.24, 2.45) is 7.05 Å². The van der Waals surface area contributed by atoms with Gasteiger partial charge in [0.25, 0.3) is 5.56 Å². The summed E-state index contributed by atoms with van der Waals surface area (Å²) in [5.41, 5.74) is 2.64. The summed E-state index contributed by atoms with van der Waals surface area (Å²) in [5, 5.41) is 12.0. The van der Waals surface area contributed by atoms with Crippen LogP contribution in [0.3, 0.4) is 0 Å². The summed E-state index contributed by atoms with van der Waals surface area (Å²) in [5.74, 6) is -0.0163. The van der Waals surface area contributed by atoms with Crippen LogP contribution < -0.4 is 5.56 Å². The average Bonchev–Trinajstić information content (AvgIpc) is 3.39. The Kier molecular flexibility index (Phi) is 6.97. The molecule has 2 aromatic heterocycles. The largest absolute Gasteiger partial charge is 0.338 e. The van der Waals surface area contributed by atoms with Gasteiger partial charge in [-0.05, 0) is 48.9 Å². The maximum Gasteiger partial charge on any atom is 0.297 e. The quantitative estimate of drug-likeness (QED) is 0.363. The molecule has 0 aliphatic carbocycles. The van der Waals surface area contributed by atoms with Crippen LogP contribution in [0.4, 0.5) is 0 Å². The fourth-order valence-electron chi connectivity index (χ4n) is 3.81. The van der Waals surface area contributed by atoms with E-state index in [0.29, 0.717) is 29.6 Å². The van der Waals surface area contributed by atoms with Gasteiger partial charge in [0.2, 0.25) is 11.1 Å². The summed E-state index contributed by atoms with van der Waals surface area (Å²) >= 11 is 1.24. The van der Waals surface area contributed by atoms with Crippen molar-refractivity contribution in [1.82, 2.24) is 34.5 Å². The van der Waals surface area contributed by atoms with Crippen molar-refractivity contribution in [2.45, 2.75) is 37.7 Å². The third kappa shape index (κ3) is 4.54. The molecule has 0 bridgehead atoms. The number of aromatic nitrogens is 6. The molecule has 10 heteroatoms. The number of hydrogen-bond acceptors (Lipinski definition) is 6. The Bertz CT molecular complexity index is 1330. The van der Waals surface area contributed by atoms with Gasteiger partial charge in [0.15, 0.2) is 5.69 Å². The predicted octanol–water partition coefficient (Wildman–Crippen LogP) is 2.99. The molecular formula is C24H27N7O2S. The average molecular weight is 478 g/mol. The van der Waals surface area contributed by atoms with E-state index in [-0.39, 0.29) is 11.5 Å².